The van der Waals surface area contributed by atoms with Gasteiger partial charge >= 0.3 is 11.6 Å². The highest BCUT2D eigenvalue weighted by atomic mass is 32.2. The SMILES string of the molecule is CC(C)(C)OC(=O)N1CCCC1CSC(F)(F)F. The van der Waals surface area contributed by atoms with E-state index in [0.717, 1.165) is 6.42 Å². The van der Waals surface area contributed by atoms with Gasteiger partial charge in [-0.25, -0.2) is 4.79 Å². The van der Waals surface area contributed by atoms with Gasteiger partial charge < -0.3 is 9.64 Å². The van der Waals surface area contributed by atoms with Crippen molar-refractivity contribution in [3.63, 3.8) is 0 Å². The molecule has 1 aliphatic heterocycles. The lowest BCUT2D eigenvalue weighted by molar-refractivity contribution is -0.0332. The molecule has 0 aromatic carbocycles. The molecule has 0 N–H and O–H groups in total. The summed E-state index contributed by atoms with van der Waals surface area (Å²) in [4.78, 5) is 13.2. The number of carbonyl (C=O) groups excluding carboxylic acids is 1. The topological polar surface area (TPSA) is 29.5 Å². The van der Waals surface area contributed by atoms with Gasteiger partial charge in [-0.3, -0.25) is 0 Å². The molecule has 0 radical (unpaired) electrons. The summed E-state index contributed by atoms with van der Waals surface area (Å²) in [5, 5.41) is 0. The van der Waals surface area contributed by atoms with Gasteiger partial charge in [-0.2, -0.15) is 13.2 Å². The third kappa shape index (κ3) is 5.37. The van der Waals surface area contributed by atoms with Gasteiger partial charge in [0.25, 0.3) is 0 Å². The van der Waals surface area contributed by atoms with Crippen molar-refractivity contribution in [1.29, 1.82) is 0 Å². The second kappa shape index (κ2) is 5.59. The van der Waals surface area contributed by atoms with Gasteiger partial charge in [0.2, 0.25) is 0 Å². The van der Waals surface area contributed by atoms with Crippen LogP contribution in [0.15, 0.2) is 0 Å². The molecule has 0 aromatic heterocycles. The third-order valence-corrected chi connectivity index (χ3v) is 3.32. The van der Waals surface area contributed by atoms with Crippen LogP contribution in [0, 0.1) is 0 Å². The van der Waals surface area contributed by atoms with Crippen molar-refractivity contribution in [2.24, 2.45) is 0 Å². The van der Waals surface area contributed by atoms with E-state index in [1.807, 2.05) is 0 Å². The van der Waals surface area contributed by atoms with Gasteiger partial charge in [0.15, 0.2) is 0 Å². The summed E-state index contributed by atoms with van der Waals surface area (Å²) < 4.78 is 41.6. The summed E-state index contributed by atoms with van der Waals surface area (Å²) in [6.07, 6.45) is 0.803. The Morgan fingerprint density at radius 2 is 2.00 bits per heavy atom. The Balaban J connectivity index is 2.51. The van der Waals surface area contributed by atoms with Gasteiger partial charge in [-0.15, -0.1) is 0 Å². The molecule has 0 saturated carbocycles. The molecule has 1 saturated heterocycles. The zero-order chi connectivity index (χ0) is 14.0. The van der Waals surface area contributed by atoms with Gasteiger partial charge in [0.05, 0.1) is 0 Å². The molecule has 0 aromatic rings. The number of ether oxygens (including phenoxy) is 1. The average Bonchev–Trinajstić information content (AvgIpc) is 2.58. The highest BCUT2D eigenvalue weighted by Crippen LogP contribution is 2.33. The number of alkyl halides is 3. The fraction of sp³-hybridized carbons (Fsp3) is 0.909. The van der Waals surface area contributed by atoms with E-state index in [9.17, 15) is 18.0 Å². The summed E-state index contributed by atoms with van der Waals surface area (Å²) >= 11 is -0.0795. The summed E-state index contributed by atoms with van der Waals surface area (Å²) in [7, 11) is 0. The van der Waals surface area contributed by atoms with Gasteiger partial charge in [-0.05, 0) is 45.4 Å². The molecule has 1 aliphatic rings. The van der Waals surface area contributed by atoms with E-state index in [1.165, 1.54) is 4.90 Å². The lowest BCUT2D eigenvalue weighted by atomic mass is 10.2. The first kappa shape index (κ1) is 15.5. The monoisotopic (exact) mass is 285 g/mol. The Morgan fingerprint density at radius 1 is 1.39 bits per heavy atom. The second-order valence-electron chi connectivity index (χ2n) is 5.23. The molecule has 0 spiro atoms. The van der Waals surface area contributed by atoms with E-state index in [-0.39, 0.29) is 23.6 Å². The number of nitrogens with zero attached hydrogens (tertiary/aromatic N) is 1. The van der Waals surface area contributed by atoms with Crippen LogP contribution in [0.5, 0.6) is 0 Å². The standard InChI is InChI=1S/C11H18F3NO2S/c1-10(2,3)17-9(16)15-6-4-5-8(15)7-18-11(12,13)14/h8H,4-7H2,1-3H3. The molecule has 1 fully saturated rings. The normalized spacial score (nSPS) is 21.2. The number of halogens is 3. The Hall–Kier alpha value is -0.590. The van der Waals surface area contributed by atoms with Gasteiger partial charge in [0, 0.05) is 18.3 Å². The van der Waals surface area contributed by atoms with Crippen molar-refractivity contribution in [1.82, 2.24) is 4.90 Å². The molecule has 1 amide bonds. The number of amides is 1. The number of carbonyl (C=O) groups is 1. The van der Waals surface area contributed by atoms with Gasteiger partial charge in [0.1, 0.15) is 5.60 Å². The molecule has 0 aliphatic carbocycles. The third-order valence-electron chi connectivity index (χ3n) is 2.44. The van der Waals surface area contributed by atoms with Crippen molar-refractivity contribution in [3.05, 3.63) is 0 Å². The molecule has 1 unspecified atom stereocenters. The van der Waals surface area contributed by atoms with Crippen LogP contribution in [-0.4, -0.2) is 40.4 Å². The lowest BCUT2D eigenvalue weighted by Crippen LogP contribution is -2.41. The van der Waals surface area contributed by atoms with E-state index < -0.39 is 17.2 Å². The van der Waals surface area contributed by atoms with Crippen molar-refractivity contribution in [2.45, 2.75) is 50.8 Å². The second-order valence-corrected chi connectivity index (χ2v) is 6.31. The average molecular weight is 285 g/mol. The fourth-order valence-corrected chi connectivity index (χ4v) is 2.49. The molecule has 106 valence electrons. The quantitative estimate of drug-likeness (QED) is 0.775. The highest BCUT2D eigenvalue weighted by Gasteiger charge is 2.36. The number of hydrogen-bond acceptors (Lipinski definition) is 3. The van der Waals surface area contributed by atoms with Crippen molar-refractivity contribution in [3.8, 4) is 0 Å². The van der Waals surface area contributed by atoms with E-state index in [1.54, 1.807) is 20.8 Å². The van der Waals surface area contributed by atoms with Gasteiger partial charge in [-0.1, -0.05) is 0 Å². The lowest BCUT2D eigenvalue weighted by Gasteiger charge is -2.28. The molecule has 3 nitrogen and oxygen atoms in total. The number of rotatable bonds is 2. The van der Waals surface area contributed by atoms with Crippen LogP contribution in [-0.2, 0) is 4.74 Å². The number of thioether (sulfide) groups is 1. The Kier molecular flexibility index (Phi) is 4.80. The fourth-order valence-electron chi connectivity index (χ4n) is 1.76. The minimum Gasteiger partial charge on any atom is -0.444 e. The van der Waals surface area contributed by atoms with Crippen LogP contribution < -0.4 is 0 Å². The molecule has 18 heavy (non-hydrogen) atoms. The zero-order valence-electron chi connectivity index (χ0n) is 10.7. The Labute approximate surface area is 109 Å². The minimum atomic E-state index is -4.25. The van der Waals surface area contributed by atoms with E-state index >= 15 is 0 Å². The van der Waals surface area contributed by atoms with Crippen LogP contribution >= 0.6 is 11.8 Å². The van der Waals surface area contributed by atoms with Crippen molar-refractivity contribution < 1.29 is 22.7 Å². The van der Waals surface area contributed by atoms with Crippen LogP contribution in [0.1, 0.15) is 33.6 Å². The van der Waals surface area contributed by atoms with Crippen LogP contribution in [0.4, 0.5) is 18.0 Å². The van der Waals surface area contributed by atoms with Crippen molar-refractivity contribution in [2.75, 3.05) is 12.3 Å². The maximum Gasteiger partial charge on any atom is 0.441 e. The highest BCUT2D eigenvalue weighted by molar-refractivity contribution is 8.00. The largest absolute Gasteiger partial charge is 0.444 e. The number of hydrogen-bond donors (Lipinski definition) is 0. The molecule has 0 bridgehead atoms. The zero-order valence-corrected chi connectivity index (χ0v) is 11.5. The van der Waals surface area contributed by atoms with Crippen molar-refractivity contribution >= 4 is 17.9 Å². The maximum atomic E-state index is 12.1. The summed E-state index contributed by atoms with van der Waals surface area (Å²) in [5.74, 6) is -0.122. The first-order chi connectivity index (χ1) is 8.08. The first-order valence-corrected chi connectivity index (χ1v) is 6.77. The number of likely N-dealkylation sites (tertiary alicyclic amines) is 1. The summed E-state index contributed by atoms with van der Waals surface area (Å²) in [6, 6.07) is -0.383. The summed E-state index contributed by atoms with van der Waals surface area (Å²) in [5.41, 5.74) is -4.87. The Morgan fingerprint density at radius 3 is 2.50 bits per heavy atom. The van der Waals surface area contributed by atoms with Crippen LogP contribution in [0.3, 0.4) is 0 Å². The first-order valence-electron chi connectivity index (χ1n) is 5.79. The molecule has 7 heteroatoms. The molecule has 1 rings (SSSR count). The molecule has 1 atom stereocenters. The maximum absolute atomic E-state index is 12.1. The van der Waals surface area contributed by atoms with E-state index in [0.29, 0.717) is 13.0 Å². The van der Waals surface area contributed by atoms with Crippen LogP contribution in [0.2, 0.25) is 0 Å². The van der Waals surface area contributed by atoms with Crippen LogP contribution in [0.25, 0.3) is 0 Å². The Bertz CT molecular complexity index is 302. The van der Waals surface area contributed by atoms with E-state index in [2.05, 4.69) is 0 Å². The predicted octanol–water partition coefficient (Wildman–Crippen LogP) is 3.64. The molecule has 1 heterocycles. The predicted molar refractivity (Wildman–Crippen MR) is 64.5 cm³/mol. The summed E-state index contributed by atoms with van der Waals surface area (Å²) in [6.45, 7) is 5.68. The van der Waals surface area contributed by atoms with E-state index in [4.69, 9.17) is 4.74 Å². The molecular weight excluding hydrogens is 267 g/mol. The molecular formula is C11H18F3NO2S. The minimum absolute atomic E-state index is 0.0795. The smallest absolute Gasteiger partial charge is 0.441 e.